The molecule has 168 valence electrons. The zero-order valence-electron chi connectivity index (χ0n) is 18.2. The van der Waals surface area contributed by atoms with E-state index in [0.717, 1.165) is 41.1 Å². The van der Waals surface area contributed by atoms with Gasteiger partial charge in [0.1, 0.15) is 5.82 Å². The van der Waals surface area contributed by atoms with Gasteiger partial charge in [0.2, 0.25) is 11.7 Å². The topological polar surface area (TPSA) is 104 Å². The van der Waals surface area contributed by atoms with E-state index in [4.69, 9.17) is 4.52 Å². The lowest BCUT2D eigenvalue weighted by atomic mass is 9.93. The summed E-state index contributed by atoms with van der Waals surface area (Å²) in [5.41, 5.74) is 4.27. The molecule has 1 saturated heterocycles. The molecule has 1 aromatic carbocycles. The fourth-order valence-electron chi connectivity index (χ4n) is 3.98. The van der Waals surface area contributed by atoms with Crippen LogP contribution in [0.5, 0.6) is 0 Å². The highest BCUT2D eigenvalue weighted by molar-refractivity contribution is 5.91. The Bertz CT molecular complexity index is 1080. The molecule has 0 saturated carbocycles. The lowest BCUT2D eigenvalue weighted by molar-refractivity contribution is -0.131. The molecule has 2 amide bonds. The molecular formula is C23H26FN5O3. The summed E-state index contributed by atoms with van der Waals surface area (Å²) in [4.78, 5) is 26.9. The summed E-state index contributed by atoms with van der Waals surface area (Å²) in [5.74, 6) is -0.312. The number of rotatable bonds is 6. The average Bonchev–Trinajstić information content (AvgIpc) is 3.41. The maximum Gasteiger partial charge on any atom is 0.290 e. The normalized spacial score (nSPS) is 14.5. The Kier molecular flexibility index (Phi) is 6.34. The van der Waals surface area contributed by atoms with Crippen molar-refractivity contribution in [3.63, 3.8) is 0 Å². The van der Waals surface area contributed by atoms with Gasteiger partial charge in [-0.2, -0.15) is 5.10 Å². The minimum atomic E-state index is -0.369. The van der Waals surface area contributed by atoms with Crippen LogP contribution >= 0.6 is 0 Å². The summed E-state index contributed by atoms with van der Waals surface area (Å²) in [6.45, 7) is 5.37. The van der Waals surface area contributed by atoms with Crippen LogP contribution in [0.15, 0.2) is 34.9 Å². The maximum absolute atomic E-state index is 13.0. The number of H-pyrrole nitrogens is 1. The zero-order chi connectivity index (χ0) is 22.7. The molecule has 1 aliphatic rings. The molecule has 0 bridgehead atoms. The van der Waals surface area contributed by atoms with Crippen LogP contribution < -0.4 is 5.32 Å². The zero-order valence-corrected chi connectivity index (χ0v) is 18.2. The van der Waals surface area contributed by atoms with Crippen LogP contribution in [-0.4, -0.2) is 45.2 Å². The molecule has 0 unspecified atom stereocenters. The number of carbonyl (C=O) groups excluding carboxylic acids is 2. The van der Waals surface area contributed by atoms with Crippen molar-refractivity contribution < 1.29 is 18.5 Å². The van der Waals surface area contributed by atoms with Gasteiger partial charge < -0.3 is 14.7 Å². The molecule has 0 aliphatic carbocycles. The number of carbonyl (C=O) groups is 2. The van der Waals surface area contributed by atoms with Gasteiger partial charge in [-0.1, -0.05) is 17.3 Å². The highest BCUT2D eigenvalue weighted by atomic mass is 19.1. The first-order chi connectivity index (χ1) is 15.4. The van der Waals surface area contributed by atoms with Gasteiger partial charge in [-0.15, -0.1) is 0 Å². The summed E-state index contributed by atoms with van der Waals surface area (Å²) < 4.78 is 18.2. The molecule has 3 heterocycles. The van der Waals surface area contributed by atoms with E-state index in [2.05, 4.69) is 20.7 Å². The number of hydrogen-bond acceptors (Lipinski definition) is 5. The summed E-state index contributed by atoms with van der Waals surface area (Å²) in [6, 6.07) is 7.60. The van der Waals surface area contributed by atoms with E-state index >= 15 is 0 Å². The number of nitrogens with zero attached hydrogens (tertiary/aromatic N) is 3. The number of halogens is 1. The largest absolute Gasteiger partial charge is 0.351 e. The Morgan fingerprint density at radius 3 is 2.59 bits per heavy atom. The number of aromatic nitrogens is 3. The predicted octanol–water partition coefficient (Wildman–Crippen LogP) is 3.03. The van der Waals surface area contributed by atoms with Crippen molar-refractivity contribution >= 4 is 11.8 Å². The van der Waals surface area contributed by atoms with Crippen molar-refractivity contribution in [2.75, 3.05) is 13.1 Å². The van der Waals surface area contributed by atoms with Gasteiger partial charge in [-0.25, -0.2) is 4.39 Å². The monoisotopic (exact) mass is 439 g/mol. The first-order valence-corrected chi connectivity index (χ1v) is 10.7. The molecule has 1 aliphatic heterocycles. The average molecular weight is 439 g/mol. The highest BCUT2D eigenvalue weighted by Gasteiger charge is 2.27. The van der Waals surface area contributed by atoms with Gasteiger partial charge in [0.25, 0.3) is 5.91 Å². The van der Waals surface area contributed by atoms with Crippen molar-refractivity contribution in [2.24, 2.45) is 0 Å². The number of aryl methyl sites for hydroxylation is 2. The molecule has 0 atom stereocenters. The van der Waals surface area contributed by atoms with Gasteiger partial charge in [-0.3, -0.25) is 14.7 Å². The van der Waals surface area contributed by atoms with E-state index in [9.17, 15) is 14.0 Å². The van der Waals surface area contributed by atoms with Crippen LogP contribution in [0.4, 0.5) is 4.39 Å². The highest BCUT2D eigenvalue weighted by Crippen LogP contribution is 2.28. The van der Waals surface area contributed by atoms with E-state index < -0.39 is 0 Å². The van der Waals surface area contributed by atoms with Crippen molar-refractivity contribution in [3.05, 3.63) is 70.1 Å². The second-order valence-electron chi connectivity index (χ2n) is 8.17. The Hall–Kier alpha value is -3.49. The summed E-state index contributed by atoms with van der Waals surface area (Å²) >= 11 is 0. The van der Waals surface area contributed by atoms with Gasteiger partial charge in [-0.05, 0) is 44.4 Å². The standard InChI is InChI=1S/C23H26FN5O3/c1-14-19(15(2)27-26-14)11-22(30)29-9-7-17(8-10-29)20-12-21(32-28-20)23(31)25-13-16-3-5-18(24)6-4-16/h3-6,12,17H,7-11,13H2,1-2H3,(H,25,31)(H,26,27). The molecule has 1 fully saturated rings. The molecule has 9 heteroatoms. The van der Waals surface area contributed by atoms with Crippen LogP contribution in [0.1, 0.15) is 57.5 Å². The molecule has 4 rings (SSSR count). The minimum Gasteiger partial charge on any atom is -0.351 e. The molecule has 0 radical (unpaired) electrons. The van der Waals surface area contributed by atoms with Crippen molar-refractivity contribution in [3.8, 4) is 0 Å². The number of hydrogen-bond donors (Lipinski definition) is 2. The van der Waals surface area contributed by atoms with Crippen LogP contribution in [0, 0.1) is 19.7 Å². The van der Waals surface area contributed by atoms with Gasteiger partial charge in [0, 0.05) is 42.9 Å². The first-order valence-electron chi connectivity index (χ1n) is 10.7. The smallest absolute Gasteiger partial charge is 0.290 e. The van der Waals surface area contributed by atoms with Crippen LogP contribution in [0.2, 0.25) is 0 Å². The SMILES string of the molecule is Cc1n[nH]c(C)c1CC(=O)N1CCC(c2cc(C(=O)NCc3ccc(F)cc3)on2)CC1. The molecular weight excluding hydrogens is 413 g/mol. The maximum atomic E-state index is 13.0. The van der Waals surface area contributed by atoms with Gasteiger partial charge in [0.05, 0.1) is 17.8 Å². The van der Waals surface area contributed by atoms with Crippen LogP contribution in [0.3, 0.4) is 0 Å². The second kappa shape index (κ2) is 9.33. The molecule has 32 heavy (non-hydrogen) atoms. The molecule has 2 N–H and O–H groups in total. The van der Waals surface area contributed by atoms with E-state index in [-0.39, 0.29) is 35.9 Å². The van der Waals surface area contributed by atoms with Crippen molar-refractivity contribution in [1.82, 2.24) is 25.6 Å². The first kappa shape index (κ1) is 21.7. The number of piperidine rings is 1. The Morgan fingerprint density at radius 1 is 1.22 bits per heavy atom. The molecule has 3 aromatic rings. The van der Waals surface area contributed by atoms with Gasteiger partial charge >= 0.3 is 0 Å². The summed E-state index contributed by atoms with van der Waals surface area (Å²) in [6.07, 6.45) is 1.87. The van der Waals surface area contributed by atoms with Crippen LogP contribution in [0.25, 0.3) is 0 Å². The summed E-state index contributed by atoms with van der Waals surface area (Å²) in [5, 5.41) is 13.9. The van der Waals surface area contributed by atoms with E-state index in [1.807, 2.05) is 18.7 Å². The lowest BCUT2D eigenvalue weighted by Gasteiger charge is -2.31. The predicted molar refractivity (Wildman–Crippen MR) is 114 cm³/mol. The molecule has 8 nitrogen and oxygen atoms in total. The quantitative estimate of drug-likeness (QED) is 0.614. The third-order valence-corrected chi connectivity index (χ3v) is 5.99. The Labute approximate surface area is 185 Å². The number of benzene rings is 1. The second-order valence-corrected chi connectivity index (χ2v) is 8.17. The third-order valence-electron chi connectivity index (χ3n) is 5.99. The lowest BCUT2D eigenvalue weighted by Crippen LogP contribution is -2.39. The summed E-state index contributed by atoms with van der Waals surface area (Å²) in [7, 11) is 0. The van der Waals surface area contributed by atoms with Crippen LogP contribution in [-0.2, 0) is 17.8 Å². The van der Waals surface area contributed by atoms with E-state index in [0.29, 0.717) is 19.5 Å². The van der Waals surface area contributed by atoms with E-state index in [1.54, 1.807) is 18.2 Å². The third kappa shape index (κ3) is 4.87. The van der Waals surface area contributed by atoms with Crippen molar-refractivity contribution in [2.45, 2.75) is 45.6 Å². The fraction of sp³-hybridized carbons (Fsp3) is 0.391. The Balaban J connectivity index is 1.28. The van der Waals surface area contributed by atoms with Gasteiger partial charge in [0.15, 0.2) is 0 Å². The fourth-order valence-corrected chi connectivity index (χ4v) is 3.98. The molecule has 0 spiro atoms. The number of likely N-dealkylation sites (tertiary alicyclic amines) is 1. The Morgan fingerprint density at radius 2 is 1.94 bits per heavy atom. The molecule has 2 aromatic heterocycles. The van der Waals surface area contributed by atoms with Crippen molar-refractivity contribution in [1.29, 1.82) is 0 Å². The number of amides is 2. The minimum absolute atomic E-state index is 0.0945. The van der Waals surface area contributed by atoms with E-state index in [1.165, 1.54) is 12.1 Å². The number of aromatic amines is 1. The number of nitrogens with one attached hydrogen (secondary N) is 2.